The molecule has 0 saturated heterocycles. The second kappa shape index (κ2) is 13.3. The summed E-state index contributed by atoms with van der Waals surface area (Å²) in [5.41, 5.74) is 14.6. The first-order valence-electron chi connectivity index (χ1n) is 20.3. The highest BCUT2D eigenvalue weighted by molar-refractivity contribution is 6.16. The minimum Gasteiger partial charge on any atom is -0.456 e. The van der Waals surface area contributed by atoms with Crippen molar-refractivity contribution in [2.45, 2.75) is 39.5 Å². The molecule has 59 heavy (non-hydrogen) atoms. The van der Waals surface area contributed by atoms with Crippen molar-refractivity contribution in [1.29, 1.82) is 5.26 Å². The van der Waals surface area contributed by atoms with E-state index in [2.05, 4.69) is 148 Å². The second-order valence-electron chi connectivity index (χ2n) is 16.2. The molecule has 0 aliphatic rings. The molecule has 5 nitrogen and oxygen atoms in total. The smallest absolute Gasteiger partial charge is 0.145 e. The van der Waals surface area contributed by atoms with Crippen LogP contribution < -0.4 is 0 Å². The van der Waals surface area contributed by atoms with Crippen LogP contribution in [-0.2, 0) is 0 Å². The minimum atomic E-state index is 0.241. The van der Waals surface area contributed by atoms with Gasteiger partial charge in [0.25, 0.3) is 0 Å². The third-order valence-corrected chi connectivity index (χ3v) is 11.9. The molecular formula is C54H39N3O2. The summed E-state index contributed by atoms with van der Waals surface area (Å²) in [5, 5.41) is 16.4. The Labute approximate surface area is 341 Å². The van der Waals surface area contributed by atoms with Crippen LogP contribution in [0.4, 0.5) is 0 Å². The van der Waals surface area contributed by atoms with Gasteiger partial charge in [-0.3, -0.25) is 4.57 Å². The number of benzene rings is 8. The lowest BCUT2D eigenvalue weighted by Crippen LogP contribution is -2.09. The molecule has 282 valence electrons. The summed E-state index contributed by atoms with van der Waals surface area (Å²) < 4.78 is 15.4. The molecule has 11 aromatic rings. The summed E-state index contributed by atoms with van der Waals surface area (Å²) in [4.78, 5) is 5.49. The van der Waals surface area contributed by atoms with Crippen LogP contribution in [0.2, 0.25) is 0 Å². The van der Waals surface area contributed by atoms with Crippen LogP contribution >= 0.6 is 0 Å². The molecule has 0 aliphatic heterocycles. The van der Waals surface area contributed by atoms with E-state index in [-0.39, 0.29) is 11.8 Å². The Kier molecular flexibility index (Phi) is 7.86. The fourth-order valence-electron chi connectivity index (χ4n) is 9.05. The molecule has 0 aliphatic carbocycles. The van der Waals surface area contributed by atoms with Crippen LogP contribution in [-0.4, -0.2) is 9.55 Å². The number of rotatable bonds is 6. The number of nitrogens with zero attached hydrogens (tertiary/aromatic N) is 3. The summed E-state index contributed by atoms with van der Waals surface area (Å²) >= 11 is 0. The largest absolute Gasteiger partial charge is 0.456 e. The lowest BCUT2D eigenvalue weighted by molar-refractivity contribution is 0.656. The van der Waals surface area contributed by atoms with Crippen molar-refractivity contribution in [3.8, 4) is 45.4 Å². The fourth-order valence-corrected chi connectivity index (χ4v) is 9.05. The van der Waals surface area contributed by atoms with Crippen molar-refractivity contribution in [3.05, 3.63) is 168 Å². The molecule has 0 saturated carbocycles. The van der Waals surface area contributed by atoms with Gasteiger partial charge in [0.05, 0.1) is 28.4 Å². The first-order chi connectivity index (χ1) is 28.8. The van der Waals surface area contributed by atoms with Gasteiger partial charge < -0.3 is 8.83 Å². The predicted molar refractivity (Wildman–Crippen MR) is 242 cm³/mol. The second-order valence-corrected chi connectivity index (χ2v) is 16.2. The molecule has 3 aromatic heterocycles. The highest BCUT2D eigenvalue weighted by Crippen LogP contribution is 2.44. The highest BCUT2D eigenvalue weighted by Gasteiger charge is 2.26. The van der Waals surface area contributed by atoms with Gasteiger partial charge in [-0.05, 0) is 99.6 Å². The molecule has 8 aromatic carbocycles. The molecule has 0 N–H and O–H groups in total. The number of hydrogen-bond donors (Lipinski definition) is 0. The van der Waals surface area contributed by atoms with Gasteiger partial charge in [0, 0.05) is 44.1 Å². The molecule has 0 amide bonds. The van der Waals surface area contributed by atoms with Crippen molar-refractivity contribution in [3.63, 3.8) is 0 Å². The van der Waals surface area contributed by atoms with E-state index in [9.17, 15) is 5.26 Å². The van der Waals surface area contributed by atoms with Crippen molar-refractivity contribution in [2.75, 3.05) is 0 Å². The van der Waals surface area contributed by atoms with Crippen LogP contribution in [0.1, 0.15) is 56.2 Å². The topological polar surface area (TPSA) is 67.9 Å². The monoisotopic (exact) mass is 761 g/mol. The average molecular weight is 762 g/mol. The van der Waals surface area contributed by atoms with Crippen molar-refractivity contribution >= 4 is 65.7 Å². The van der Waals surface area contributed by atoms with E-state index in [0.29, 0.717) is 11.1 Å². The molecular weight excluding hydrogens is 723 g/mol. The summed E-state index contributed by atoms with van der Waals surface area (Å²) in [6.07, 6.45) is 0. The van der Waals surface area contributed by atoms with E-state index in [1.165, 1.54) is 38.7 Å². The van der Waals surface area contributed by atoms with Gasteiger partial charge in [-0.15, -0.1) is 0 Å². The van der Waals surface area contributed by atoms with Crippen molar-refractivity contribution in [1.82, 2.24) is 9.55 Å². The minimum absolute atomic E-state index is 0.241. The number of nitriles is 1. The molecule has 0 atom stereocenters. The van der Waals surface area contributed by atoms with E-state index < -0.39 is 0 Å². The molecule has 0 bridgehead atoms. The van der Waals surface area contributed by atoms with Crippen molar-refractivity contribution < 1.29 is 8.83 Å². The van der Waals surface area contributed by atoms with E-state index in [0.717, 1.165) is 71.8 Å². The Balaban J connectivity index is 1.18. The van der Waals surface area contributed by atoms with Crippen LogP contribution in [0.5, 0.6) is 0 Å². The van der Waals surface area contributed by atoms with E-state index in [4.69, 9.17) is 13.8 Å². The predicted octanol–water partition coefficient (Wildman–Crippen LogP) is 15.1. The van der Waals surface area contributed by atoms with Gasteiger partial charge in [0.15, 0.2) is 0 Å². The first kappa shape index (κ1) is 34.8. The number of hydrogen-bond acceptors (Lipinski definition) is 4. The highest BCUT2D eigenvalue weighted by atomic mass is 16.3. The van der Waals surface area contributed by atoms with Gasteiger partial charge in [0.1, 0.15) is 28.2 Å². The van der Waals surface area contributed by atoms with Crippen LogP contribution in [0.25, 0.3) is 105 Å². The van der Waals surface area contributed by atoms with Crippen LogP contribution in [0.15, 0.2) is 160 Å². The van der Waals surface area contributed by atoms with Gasteiger partial charge in [-0.1, -0.05) is 119 Å². The summed E-state index contributed by atoms with van der Waals surface area (Å²) in [5.74, 6) is 1.37. The average Bonchev–Trinajstić information content (AvgIpc) is 3.95. The number of aromatic nitrogens is 2. The van der Waals surface area contributed by atoms with Crippen LogP contribution in [0, 0.1) is 11.3 Å². The Morgan fingerprint density at radius 1 is 0.508 bits per heavy atom. The molecule has 0 fully saturated rings. The van der Waals surface area contributed by atoms with Crippen LogP contribution in [0.3, 0.4) is 0 Å². The lowest BCUT2D eigenvalue weighted by Gasteiger charge is -2.24. The molecule has 3 heterocycles. The summed E-state index contributed by atoms with van der Waals surface area (Å²) in [6.45, 7) is 9.18. The Morgan fingerprint density at radius 2 is 1.12 bits per heavy atom. The van der Waals surface area contributed by atoms with E-state index >= 15 is 0 Å². The maximum atomic E-state index is 10.1. The maximum Gasteiger partial charge on any atom is 0.145 e. The third kappa shape index (κ3) is 5.48. The third-order valence-electron chi connectivity index (χ3n) is 11.9. The lowest BCUT2D eigenvalue weighted by atomic mass is 9.88. The molecule has 0 radical (unpaired) electrons. The fraction of sp³-hybridized carbons (Fsp3) is 0.111. The van der Waals surface area contributed by atoms with Crippen molar-refractivity contribution in [2.24, 2.45) is 0 Å². The maximum absolute atomic E-state index is 10.1. The van der Waals surface area contributed by atoms with Gasteiger partial charge in [-0.25, -0.2) is 4.98 Å². The Morgan fingerprint density at radius 3 is 1.81 bits per heavy atom. The Bertz CT molecular complexity index is 3480. The zero-order valence-corrected chi connectivity index (χ0v) is 33.2. The molecule has 5 heteroatoms. The summed E-state index contributed by atoms with van der Waals surface area (Å²) in [7, 11) is 0. The van der Waals surface area contributed by atoms with E-state index in [1.807, 2.05) is 42.5 Å². The van der Waals surface area contributed by atoms with Gasteiger partial charge in [0.2, 0.25) is 0 Å². The SMILES string of the molecule is CC(C)c1cc(-c2ccccc2)cc(C(C)C)c1-n1c(-c2ccc3oc4cc5oc6cc(C#N)c(-c7ccccc7)cc6c5cc4c3c2)nc2ccc3ccccc3c21. The van der Waals surface area contributed by atoms with Gasteiger partial charge in [-0.2, -0.15) is 5.26 Å². The standard InChI is InChI=1S/C54H39N3O2/c1-31(2)40-24-37(33-13-7-5-8-14-33)25-41(32(3)4)52(40)57-53-39-18-12-11-17-35(39)19-21-47(53)56-54(57)36-20-22-48-43(23-36)45-28-46-44-27-42(34-15-9-6-10-16-34)38(30-55)26-49(44)59-51(46)29-50(45)58-48/h5-29,31-32H,1-4H3. The number of fused-ring (bicyclic) bond motifs is 9. The number of imidazole rings is 1. The Hall–Kier alpha value is -7.42. The van der Waals surface area contributed by atoms with Gasteiger partial charge >= 0.3 is 0 Å². The first-order valence-corrected chi connectivity index (χ1v) is 20.3. The molecule has 0 spiro atoms. The number of furan rings is 2. The normalized spacial score (nSPS) is 12.0. The van der Waals surface area contributed by atoms with E-state index in [1.54, 1.807) is 0 Å². The zero-order chi connectivity index (χ0) is 39.9. The molecule has 0 unspecified atom stereocenters. The molecule has 11 rings (SSSR count). The zero-order valence-electron chi connectivity index (χ0n) is 33.2. The quantitative estimate of drug-likeness (QED) is 0.169. The summed E-state index contributed by atoms with van der Waals surface area (Å²) in [6, 6.07) is 55.4.